The van der Waals surface area contributed by atoms with Crippen molar-refractivity contribution in [2.24, 2.45) is 0 Å². The fraction of sp³-hybridized carbons (Fsp3) is 0.172. The van der Waals surface area contributed by atoms with Gasteiger partial charge in [-0.15, -0.1) is 0 Å². The average molecular weight is 409 g/mol. The molecule has 2 N–H and O–H groups in total. The van der Waals surface area contributed by atoms with Crippen LogP contribution in [0.1, 0.15) is 41.5 Å². The summed E-state index contributed by atoms with van der Waals surface area (Å²) in [6.45, 7) is 6.15. The fourth-order valence-electron chi connectivity index (χ4n) is 4.61. The van der Waals surface area contributed by atoms with E-state index in [2.05, 4.69) is 43.3 Å². The van der Waals surface area contributed by atoms with Gasteiger partial charge >= 0.3 is 0 Å². The molecule has 0 atom stereocenters. The van der Waals surface area contributed by atoms with Crippen molar-refractivity contribution in [1.82, 2.24) is 0 Å². The molecule has 0 fully saturated rings. The van der Waals surface area contributed by atoms with E-state index in [1.807, 2.05) is 50.2 Å². The minimum Gasteiger partial charge on any atom is -0.508 e. The van der Waals surface area contributed by atoms with Crippen molar-refractivity contribution in [3.63, 3.8) is 0 Å². The zero-order valence-electron chi connectivity index (χ0n) is 18.3. The monoisotopic (exact) mass is 408 g/mol. The molecule has 0 aliphatic heterocycles. The van der Waals surface area contributed by atoms with Gasteiger partial charge in [0.05, 0.1) is 0 Å². The second kappa shape index (κ2) is 8.69. The van der Waals surface area contributed by atoms with Gasteiger partial charge in [-0.2, -0.15) is 0 Å². The lowest BCUT2D eigenvalue weighted by molar-refractivity contribution is 0.471. The number of aromatic hydroxyl groups is 2. The molecule has 0 aromatic heterocycles. The summed E-state index contributed by atoms with van der Waals surface area (Å²) in [5, 5.41) is 21.0. The van der Waals surface area contributed by atoms with Crippen LogP contribution in [0.15, 0.2) is 84.9 Å². The van der Waals surface area contributed by atoms with E-state index >= 15 is 0 Å². The SMILES string of the molecule is CCC(c1ccc(O)c(C)c1-c1ccccc1)c1ccc(O)c(C)c1-c1ccccc1. The minimum absolute atomic E-state index is 0.115. The molecule has 0 saturated heterocycles. The highest BCUT2D eigenvalue weighted by molar-refractivity contribution is 5.78. The summed E-state index contributed by atoms with van der Waals surface area (Å²) in [6, 6.07) is 28.2. The normalized spacial score (nSPS) is 11.1. The van der Waals surface area contributed by atoms with Crippen LogP contribution in [-0.2, 0) is 0 Å². The number of phenolic OH excluding ortho intramolecular Hbond substituents is 2. The van der Waals surface area contributed by atoms with Crippen LogP contribution < -0.4 is 0 Å². The topological polar surface area (TPSA) is 40.5 Å². The first-order chi connectivity index (χ1) is 15.0. The molecule has 0 spiro atoms. The maximum Gasteiger partial charge on any atom is 0.119 e. The summed E-state index contributed by atoms with van der Waals surface area (Å²) < 4.78 is 0. The maximum atomic E-state index is 10.5. The molecule has 0 saturated carbocycles. The van der Waals surface area contributed by atoms with E-state index in [4.69, 9.17) is 0 Å². The van der Waals surface area contributed by atoms with Crippen molar-refractivity contribution in [3.8, 4) is 33.8 Å². The molecule has 156 valence electrons. The summed E-state index contributed by atoms with van der Waals surface area (Å²) in [5.74, 6) is 0.731. The van der Waals surface area contributed by atoms with E-state index in [0.717, 1.165) is 39.8 Å². The van der Waals surface area contributed by atoms with Crippen LogP contribution in [0.4, 0.5) is 0 Å². The van der Waals surface area contributed by atoms with E-state index < -0.39 is 0 Å². The molecule has 2 heteroatoms. The third-order valence-corrected chi connectivity index (χ3v) is 6.22. The van der Waals surface area contributed by atoms with Gasteiger partial charge in [-0.3, -0.25) is 0 Å². The Balaban J connectivity index is 1.99. The Hall–Kier alpha value is -3.52. The Labute approximate surface area is 184 Å². The van der Waals surface area contributed by atoms with E-state index in [1.54, 1.807) is 12.1 Å². The summed E-state index contributed by atoms with van der Waals surface area (Å²) in [6.07, 6.45) is 0.897. The molecule has 0 amide bonds. The molecule has 0 unspecified atom stereocenters. The summed E-state index contributed by atoms with van der Waals surface area (Å²) in [5.41, 5.74) is 8.51. The molecule has 0 bridgehead atoms. The van der Waals surface area contributed by atoms with Crippen LogP contribution in [0.5, 0.6) is 11.5 Å². The molecular weight excluding hydrogens is 380 g/mol. The lowest BCUT2D eigenvalue weighted by Gasteiger charge is -2.26. The lowest BCUT2D eigenvalue weighted by Crippen LogP contribution is -2.06. The van der Waals surface area contributed by atoms with Crippen LogP contribution in [0, 0.1) is 13.8 Å². The predicted octanol–water partition coefficient (Wildman–Crippen LogP) is 7.59. The van der Waals surface area contributed by atoms with Gasteiger partial charge in [-0.1, -0.05) is 79.7 Å². The van der Waals surface area contributed by atoms with Crippen LogP contribution >= 0.6 is 0 Å². The van der Waals surface area contributed by atoms with Gasteiger partial charge in [0.1, 0.15) is 11.5 Å². The number of hydrogen-bond donors (Lipinski definition) is 2. The first-order valence-electron chi connectivity index (χ1n) is 10.8. The Morgan fingerprint density at radius 1 is 0.581 bits per heavy atom. The molecule has 0 aliphatic rings. The Bertz CT molecular complexity index is 1100. The van der Waals surface area contributed by atoms with Crippen LogP contribution in [-0.4, -0.2) is 10.2 Å². The third-order valence-electron chi connectivity index (χ3n) is 6.22. The standard InChI is InChI=1S/C29H28O2/c1-4-23(24-15-17-26(30)19(2)28(24)21-11-7-5-8-12-21)25-16-18-27(31)20(3)29(25)22-13-9-6-10-14-22/h5-18,23,30-31H,4H2,1-3H3. The molecule has 4 aromatic carbocycles. The van der Waals surface area contributed by atoms with Gasteiger partial charge in [0.2, 0.25) is 0 Å². The van der Waals surface area contributed by atoms with Gasteiger partial charge in [0, 0.05) is 5.92 Å². The highest BCUT2D eigenvalue weighted by atomic mass is 16.3. The smallest absolute Gasteiger partial charge is 0.119 e. The predicted molar refractivity (Wildman–Crippen MR) is 129 cm³/mol. The van der Waals surface area contributed by atoms with Gasteiger partial charge in [0.15, 0.2) is 0 Å². The zero-order chi connectivity index (χ0) is 22.0. The third kappa shape index (κ3) is 3.82. The molecule has 0 radical (unpaired) electrons. The average Bonchev–Trinajstić information content (AvgIpc) is 2.80. The largest absolute Gasteiger partial charge is 0.508 e. The minimum atomic E-state index is 0.115. The lowest BCUT2D eigenvalue weighted by atomic mass is 9.78. The highest BCUT2D eigenvalue weighted by Crippen LogP contribution is 2.44. The van der Waals surface area contributed by atoms with Crippen LogP contribution in [0.3, 0.4) is 0 Å². The first kappa shape index (κ1) is 20.7. The van der Waals surface area contributed by atoms with Gasteiger partial charge in [0.25, 0.3) is 0 Å². The number of rotatable bonds is 5. The molecule has 2 nitrogen and oxygen atoms in total. The van der Waals surface area contributed by atoms with Crippen molar-refractivity contribution in [3.05, 3.63) is 107 Å². The number of hydrogen-bond acceptors (Lipinski definition) is 2. The summed E-state index contributed by atoms with van der Waals surface area (Å²) >= 11 is 0. The van der Waals surface area contributed by atoms with E-state index in [-0.39, 0.29) is 5.92 Å². The second-order valence-electron chi connectivity index (χ2n) is 8.04. The van der Waals surface area contributed by atoms with Crippen molar-refractivity contribution in [1.29, 1.82) is 0 Å². The van der Waals surface area contributed by atoms with E-state index in [1.165, 1.54) is 11.1 Å². The van der Waals surface area contributed by atoms with Gasteiger partial charge < -0.3 is 10.2 Å². The van der Waals surface area contributed by atoms with Crippen LogP contribution in [0.2, 0.25) is 0 Å². The number of benzene rings is 4. The van der Waals surface area contributed by atoms with E-state index in [9.17, 15) is 10.2 Å². The Kier molecular flexibility index (Phi) is 5.81. The van der Waals surface area contributed by atoms with Crippen molar-refractivity contribution >= 4 is 0 Å². The molecule has 0 aliphatic carbocycles. The molecule has 4 rings (SSSR count). The second-order valence-corrected chi connectivity index (χ2v) is 8.04. The van der Waals surface area contributed by atoms with Gasteiger partial charge in [-0.05, 0) is 76.9 Å². The highest BCUT2D eigenvalue weighted by Gasteiger charge is 2.24. The molecule has 4 aromatic rings. The van der Waals surface area contributed by atoms with Crippen LogP contribution in [0.25, 0.3) is 22.3 Å². The summed E-state index contributed by atoms with van der Waals surface area (Å²) in [7, 11) is 0. The van der Waals surface area contributed by atoms with Crippen molar-refractivity contribution in [2.45, 2.75) is 33.1 Å². The fourth-order valence-corrected chi connectivity index (χ4v) is 4.61. The quantitative estimate of drug-likeness (QED) is 0.357. The van der Waals surface area contributed by atoms with Crippen molar-refractivity contribution in [2.75, 3.05) is 0 Å². The Morgan fingerprint density at radius 2 is 0.968 bits per heavy atom. The summed E-state index contributed by atoms with van der Waals surface area (Å²) in [4.78, 5) is 0. The molecule has 0 heterocycles. The molecular formula is C29H28O2. The van der Waals surface area contributed by atoms with Crippen molar-refractivity contribution < 1.29 is 10.2 Å². The number of phenols is 2. The Morgan fingerprint density at radius 3 is 1.32 bits per heavy atom. The maximum absolute atomic E-state index is 10.5. The molecule has 31 heavy (non-hydrogen) atoms. The van der Waals surface area contributed by atoms with Gasteiger partial charge in [-0.25, -0.2) is 0 Å². The first-order valence-corrected chi connectivity index (χ1v) is 10.8. The zero-order valence-corrected chi connectivity index (χ0v) is 18.3. The van der Waals surface area contributed by atoms with E-state index in [0.29, 0.717) is 11.5 Å².